The summed E-state index contributed by atoms with van der Waals surface area (Å²) in [5.74, 6) is 0.148. The summed E-state index contributed by atoms with van der Waals surface area (Å²) in [5, 5.41) is 3.72. The minimum absolute atomic E-state index is 0.148. The molecule has 0 saturated carbocycles. The predicted molar refractivity (Wildman–Crippen MR) is 86.8 cm³/mol. The molecule has 0 radical (unpaired) electrons. The molecular formula is C17H22N2OS. The second-order valence-electron chi connectivity index (χ2n) is 6.63. The topological polar surface area (TPSA) is 32.3 Å². The number of hydrogen-bond acceptors (Lipinski definition) is 3. The van der Waals surface area contributed by atoms with Gasteiger partial charge in [0.2, 0.25) is 5.91 Å². The highest BCUT2D eigenvalue weighted by Crippen LogP contribution is 2.42. The van der Waals surface area contributed by atoms with Crippen LogP contribution in [0.5, 0.6) is 0 Å². The van der Waals surface area contributed by atoms with Crippen molar-refractivity contribution < 1.29 is 4.79 Å². The van der Waals surface area contributed by atoms with Crippen LogP contribution >= 0.6 is 11.8 Å². The molecule has 1 amide bonds. The summed E-state index contributed by atoms with van der Waals surface area (Å²) in [6, 6.07) is 8.16. The highest BCUT2D eigenvalue weighted by Gasteiger charge is 2.38. The second-order valence-corrected chi connectivity index (χ2v) is 8.00. The molecule has 0 aromatic heterocycles. The summed E-state index contributed by atoms with van der Waals surface area (Å²) >= 11 is 2.05. The number of thioether (sulfide) groups is 1. The number of nitrogens with zero attached hydrogens (tertiary/aromatic N) is 1. The summed E-state index contributed by atoms with van der Waals surface area (Å²) < 4.78 is 0. The Morgan fingerprint density at radius 2 is 1.95 bits per heavy atom. The molecule has 0 spiro atoms. The van der Waals surface area contributed by atoms with E-state index < -0.39 is 0 Å². The van der Waals surface area contributed by atoms with E-state index in [1.54, 1.807) is 0 Å². The van der Waals surface area contributed by atoms with Gasteiger partial charge in [-0.1, -0.05) is 0 Å². The Morgan fingerprint density at radius 3 is 2.71 bits per heavy atom. The number of nitrogens with one attached hydrogen (secondary N) is 1. The molecule has 1 N–H and O–H groups in total. The number of carbonyl (C=O) groups excluding carboxylic acids is 1. The first kappa shape index (κ1) is 13.6. The molecule has 3 heterocycles. The molecule has 1 aromatic rings. The number of fused-ring (bicyclic) bond motifs is 3. The summed E-state index contributed by atoms with van der Waals surface area (Å²) in [7, 11) is 2.30. The third kappa shape index (κ3) is 2.59. The van der Waals surface area contributed by atoms with E-state index in [1.807, 2.05) is 11.8 Å². The van der Waals surface area contributed by atoms with Gasteiger partial charge in [0.25, 0.3) is 0 Å². The lowest BCUT2D eigenvalue weighted by molar-refractivity contribution is -0.116. The van der Waals surface area contributed by atoms with Crippen LogP contribution < -0.4 is 5.32 Å². The third-order valence-electron chi connectivity index (χ3n) is 5.33. The Hall–Kier alpha value is -1.00. The van der Waals surface area contributed by atoms with Crippen molar-refractivity contribution in [2.24, 2.45) is 0 Å². The maximum absolute atomic E-state index is 11.4. The van der Waals surface area contributed by atoms with Crippen molar-refractivity contribution in [3.8, 4) is 0 Å². The molecule has 3 atom stereocenters. The van der Waals surface area contributed by atoms with Gasteiger partial charge in [0.15, 0.2) is 0 Å². The number of benzene rings is 1. The number of amides is 1. The van der Waals surface area contributed by atoms with Gasteiger partial charge in [-0.2, -0.15) is 0 Å². The molecule has 3 aliphatic rings. The minimum atomic E-state index is 0.148. The molecular weight excluding hydrogens is 280 g/mol. The zero-order valence-corrected chi connectivity index (χ0v) is 13.3. The second kappa shape index (κ2) is 5.33. The van der Waals surface area contributed by atoms with Crippen LogP contribution in [0.25, 0.3) is 0 Å². The molecule has 1 aromatic carbocycles. The summed E-state index contributed by atoms with van der Waals surface area (Å²) in [4.78, 5) is 15.4. The normalized spacial score (nSPS) is 31.9. The van der Waals surface area contributed by atoms with Crippen LogP contribution in [0.3, 0.4) is 0 Å². The van der Waals surface area contributed by atoms with E-state index in [0.29, 0.717) is 6.42 Å². The molecule has 21 heavy (non-hydrogen) atoms. The lowest BCUT2D eigenvalue weighted by atomic mass is 10.0. The maximum Gasteiger partial charge on any atom is 0.224 e. The number of rotatable bonds is 2. The van der Waals surface area contributed by atoms with Crippen LogP contribution in [0.4, 0.5) is 5.69 Å². The fourth-order valence-electron chi connectivity index (χ4n) is 4.08. The van der Waals surface area contributed by atoms with Crippen LogP contribution in [0.15, 0.2) is 23.1 Å². The average molecular weight is 302 g/mol. The Bertz CT molecular complexity index is 560. The highest BCUT2D eigenvalue weighted by atomic mass is 32.2. The monoisotopic (exact) mass is 302 g/mol. The molecule has 2 bridgehead atoms. The van der Waals surface area contributed by atoms with Gasteiger partial charge >= 0.3 is 0 Å². The van der Waals surface area contributed by atoms with Crippen molar-refractivity contribution in [3.63, 3.8) is 0 Å². The van der Waals surface area contributed by atoms with E-state index in [1.165, 1.54) is 36.1 Å². The Balaban J connectivity index is 1.47. The fraction of sp³-hybridized carbons (Fsp3) is 0.588. The molecule has 4 rings (SSSR count). The van der Waals surface area contributed by atoms with Gasteiger partial charge in [0.05, 0.1) is 0 Å². The van der Waals surface area contributed by atoms with Crippen molar-refractivity contribution in [1.29, 1.82) is 0 Å². The first-order valence-corrected chi connectivity index (χ1v) is 8.88. The average Bonchev–Trinajstić information content (AvgIpc) is 2.70. The van der Waals surface area contributed by atoms with Gasteiger partial charge in [0, 0.05) is 34.3 Å². The molecule has 2 fully saturated rings. The van der Waals surface area contributed by atoms with Crippen molar-refractivity contribution in [1.82, 2.24) is 4.90 Å². The predicted octanol–water partition coefficient (Wildman–Crippen LogP) is 3.29. The third-order valence-corrected chi connectivity index (χ3v) is 6.57. The lowest BCUT2D eigenvalue weighted by Crippen LogP contribution is -2.40. The van der Waals surface area contributed by atoms with Crippen molar-refractivity contribution in [2.75, 3.05) is 12.4 Å². The largest absolute Gasteiger partial charge is 0.326 e. The molecule has 3 nitrogen and oxygen atoms in total. The van der Waals surface area contributed by atoms with E-state index in [0.717, 1.165) is 29.4 Å². The summed E-state index contributed by atoms with van der Waals surface area (Å²) in [5.41, 5.74) is 2.31. The molecule has 0 aliphatic carbocycles. The molecule has 4 heteroatoms. The Labute approximate surface area is 130 Å². The first-order chi connectivity index (χ1) is 10.2. The first-order valence-electron chi connectivity index (χ1n) is 8.00. The van der Waals surface area contributed by atoms with E-state index in [-0.39, 0.29) is 5.91 Å². The van der Waals surface area contributed by atoms with Crippen molar-refractivity contribution >= 4 is 23.4 Å². The van der Waals surface area contributed by atoms with Gasteiger partial charge in [-0.25, -0.2) is 0 Å². The van der Waals surface area contributed by atoms with Gasteiger partial charge in [-0.15, -0.1) is 11.8 Å². The molecule has 0 unspecified atom stereocenters. The van der Waals surface area contributed by atoms with E-state index >= 15 is 0 Å². The minimum Gasteiger partial charge on any atom is -0.326 e. The van der Waals surface area contributed by atoms with Crippen LogP contribution in [-0.4, -0.2) is 35.2 Å². The Morgan fingerprint density at radius 1 is 1.19 bits per heavy atom. The highest BCUT2D eigenvalue weighted by molar-refractivity contribution is 8.00. The summed E-state index contributed by atoms with van der Waals surface area (Å²) in [6.45, 7) is 0. The van der Waals surface area contributed by atoms with Crippen LogP contribution in [0, 0.1) is 0 Å². The molecule has 2 saturated heterocycles. The zero-order chi connectivity index (χ0) is 14.4. The zero-order valence-electron chi connectivity index (χ0n) is 12.5. The van der Waals surface area contributed by atoms with E-state index in [9.17, 15) is 4.79 Å². The standard InChI is InChI=1S/C17H22N2OS/c1-19-12-3-4-13(19)10-15(9-12)21-14-5-6-16-11(8-14)2-7-17(20)18-16/h5-6,8,12-13,15H,2-4,7,9-10H2,1H3,(H,18,20)/t12-,13+,15-. The lowest BCUT2D eigenvalue weighted by Gasteiger charge is -2.36. The number of carbonyl (C=O) groups is 1. The van der Waals surface area contributed by atoms with E-state index in [4.69, 9.17) is 0 Å². The molecule has 3 aliphatic heterocycles. The van der Waals surface area contributed by atoms with Crippen molar-refractivity contribution in [2.45, 2.75) is 60.8 Å². The van der Waals surface area contributed by atoms with Gasteiger partial charge in [-0.3, -0.25) is 4.79 Å². The van der Waals surface area contributed by atoms with Crippen LogP contribution in [0.1, 0.15) is 37.7 Å². The summed E-state index contributed by atoms with van der Waals surface area (Å²) in [6.07, 6.45) is 6.92. The number of piperidine rings is 1. The maximum atomic E-state index is 11.4. The van der Waals surface area contributed by atoms with E-state index in [2.05, 4.69) is 35.5 Å². The van der Waals surface area contributed by atoms with Crippen LogP contribution in [-0.2, 0) is 11.2 Å². The number of anilines is 1. The quantitative estimate of drug-likeness (QED) is 0.910. The van der Waals surface area contributed by atoms with Crippen LogP contribution in [0.2, 0.25) is 0 Å². The van der Waals surface area contributed by atoms with Gasteiger partial charge in [-0.05, 0) is 62.9 Å². The SMILES string of the molecule is CN1[C@@H]2CC[C@H]1C[C@H](Sc1ccc3c(c1)CCC(=O)N3)C2. The van der Waals surface area contributed by atoms with Gasteiger partial charge in [0.1, 0.15) is 0 Å². The Kier molecular flexibility index (Phi) is 3.46. The number of hydrogen-bond donors (Lipinski definition) is 1. The fourth-order valence-corrected chi connectivity index (χ4v) is 5.46. The van der Waals surface area contributed by atoms with Gasteiger partial charge < -0.3 is 10.2 Å². The smallest absolute Gasteiger partial charge is 0.224 e. The molecule has 112 valence electrons. The number of aryl methyl sites for hydroxylation is 1. The van der Waals surface area contributed by atoms with Crippen molar-refractivity contribution in [3.05, 3.63) is 23.8 Å².